The quantitative estimate of drug-likeness (QED) is 0.321. The lowest BCUT2D eigenvalue weighted by molar-refractivity contribution is -0.144. The Balaban J connectivity index is 1.97. The number of ketones is 2. The molecule has 0 radical (unpaired) electrons. The molecule has 0 spiro atoms. The molecule has 1 aromatic carbocycles. The first-order valence-corrected chi connectivity index (χ1v) is 10.3. The van der Waals surface area contributed by atoms with Crippen molar-refractivity contribution in [3.8, 4) is 29.4 Å². The lowest BCUT2D eigenvalue weighted by Gasteiger charge is -2.45. The molecule has 0 heterocycles. The van der Waals surface area contributed by atoms with Gasteiger partial charge in [0.1, 0.15) is 22.8 Å². The van der Waals surface area contributed by atoms with E-state index in [2.05, 4.69) is 23.7 Å². The number of hydrogen-bond acceptors (Lipinski definition) is 7. The van der Waals surface area contributed by atoms with E-state index in [1.54, 1.807) is 19.9 Å². The van der Waals surface area contributed by atoms with Crippen LogP contribution in [0, 0.1) is 35.5 Å². The van der Waals surface area contributed by atoms with E-state index in [9.17, 15) is 34.8 Å². The number of fused-ring (bicyclic) bond motifs is 3. The Morgan fingerprint density at radius 1 is 1.09 bits per heavy atom. The van der Waals surface area contributed by atoms with Crippen molar-refractivity contribution in [1.82, 2.24) is 0 Å². The number of carbonyl (C=O) groups is 3. The largest absolute Gasteiger partial charge is 0.511 e. The van der Waals surface area contributed by atoms with Crippen molar-refractivity contribution in [3.63, 3.8) is 0 Å². The number of hydrogen-bond donors (Lipinski definition) is 5. The molecule has 8 heteroatoms. The van der Waals surface area contributed by atoms with E-state index in [1.807, 2.05) is 0 Å². The fourth-order valence-electron chi connectivity index (χ4n) is 5.16. The summed E-state index contributed by atoms with van der Waals surface area (Å²) in [4.78, 5) is 38.2. The number of phenolic OH excluding ortho intramolecular Hbond substituents is 1. The SMILES string of the molecule is CC#Cc1cc(C#CC)c2c(c1O)C(=O)C1=C(O)[C@]3(O)C(=O)C(C(N)=O)=C(O)C[C@@H]3C[C@@H]1C2. The molecule has 33 heavy (non-hydrogen) atoms. The van der Waals surface area contributed by atoms with Crippen LogP contribution in [-0.4, -0.2) is 43.5 Å². The summed E-state index contributed by atoms with van der Waals surface area (Å²) in [5.74, 6) is 4.44. The highest BCUT2D eigenvalue weighted by Gasteiger charge is 2.59. The van der Waals surface area contributed by atoms with Crippen LogP contribution in [0.5, 0.6) is 5.75 Å². The number of allylic oxidation sites excluding steroid dienone is 2. The smallest absolute Gasteiger partial charge is 0.255 e. The number of aliphatic hydroxyl groups is 3. The van der Waals surface area contributed by atoms with Crippen LogP contribution in [0.1, 0.15) is 53.7 Å². The van der Waals surface area contributed by atoms with Gasteiger partial charge in [-0.25, -0.2) is 0 Å². The van der Waals surface area contributed by atoms with E-state index in [-0.39, 0.29) is 41.7 Å². The third kappa shape index (κ3) is 2.95. The molecule has 0 bridgehead atoms. The summed E-state index contributed by atoms with van der Waals surface area (Å²) in [6.45, 7) is 3.20. The molecule has 4 rings (SSSR count). The summed E-state index contributed by atoms with van der Waals surface area (Å²) < 4.78 is 0. The van der Waals surface area contributed by atoms with Crippen molar-refractivity contribution in [2.75, 3.05) is 0 Å². The van der Waals surface area contributed by atoms with Crippen molar-refractivity contribution in [2.24, 2.45) is 17.6 Å². The van der Waals surface area contributed by atoms with Gasteiger partial charge in [0.15, 0.2) is 11.4 Å². The highest BCUT2D eigenvalue weighted by molar-refractivity contribution is 6.24. The molecule has 0 aliphatic heterocycles. The molecule has 1 amide bonds. The van der Waals surface area contributed by atoms with E-state index < -0.39 is 52.0 Å². The number of benzene rings is 1. The first kappa shape index (κ1) is 22.2. The number of phenols is 1. The topological polar surface area (TPSA) is 158 Å². The number of primary amides is 1. The Hall–Kier alpha value is -4.01. The average molecular weight is 447 g/mol. The molecule has 1 aromatic rings. The molecule has 0 saturated carbocycles. The van der Waals surface area contributed by atoms with Gasteiger partial charge in [0.25, 0.3) is 5.91 Å². The molecule has 3 aliphatic carbocycles. The van der Waals surface area contributed by atoms with Gasteiger partial charge in [-0.05, 0) is 44.2 Å². The van der Waals surface area contributed by atoms with Crippen LogP contribution >= 0.6 is 0 Å². The second-order valence-electron chi connectivity index (χ2n) is 8.33. The van der Waals surface area contributed by atoms with E-state index >= 15 is 0 Å². The first-order valence-electron chi connectivity index (χ1n) is 10.3. The zero-order chi connectivity index (χ0) is 24.2. The van der Waals surface area contributed by atoms with Crippen molar-refractivity contribution in [3.05, 3.63) is 51.0 Å². The van der Waals surface area contributed by atoms with Gasteiger partial charge in [0.2, 0.25) is 5.78 Å². The molecule has 0 saturated heterocycles. The standard InChI is InChI=1S/C25H21NO7/c1-3-5-11-7-12(6-4-2)20(28)18-15(11)9-13-8-14-10-16(27)19(24(26)32)23(31)25(14,33)22(30)17(13)21(18)29/h7,13-14,27-28,30,33H,8-10H2,1-2H3,(H2,26,32)/t13-,14+,25+/m1/s1. The van der Waals surface area contributed by atoms with Crippen LogP contribution in [0.25, 0.3) is 0 Å². The third-order valence-electron chi connectivity index (χ3n) is 6.58. The highest BCUT2D eigenvalue weighted by atomic mass is 16.3. The van der Waals surface area contributed by atoms with Gasteiger partial charge < -0.3 is 26.2 Å². The normalized spacial score (nSPS) is 25.8. The number of aliphatic hydroxyl groups excluding tert-OH is 2. The summed E-state index contributed by atoms with van der Waals surface area (Å²) in [6.07, 6.45) is -0.00170. The minimum absolute atomic E-state index is 0.0686. The molecule has 3 atom stereocenters. The molecular formula is C25H21NO7. The van der Waals surface area contributed by atoms with Crippen molar-refractivity contribution in [2.45, 2.75) is 38.7 Å². The van der Waals surface area contributed by atoms with E-state index in [1.165, 1.54) is 0 Å². The summed E-state index contributed by atoms with van der Waals surface area (Å²) in [7, 11) is 0. The highest BCUT2D eigenvalue weighted by Crippen LogP contribution is 2.51. The number of nitrogens with two attached hydrogens (primary N) is 1. The Morgan fingerprint density at radius 2 is 1.73 bits per heavy atom. The molecular weight excluding hydrogens is 426 g/mol. The zero-order valence-corrected chi connectivity index (χ0v) is 17.9. The van der Waals surface area contributed by atoms with E-state index in [0.29, 0.717) is 11.1 Å². The van der Waals surface area contributed by atoms with Gasteiger partial charge in [-0.2, -0.15) is 0 Å². The summed E-state index contributed by atoms with van der Waals surface area (Å²) in [5.41, 5.74) is 2.68. The number of Topliss-reactive ketones (excluding diaryl/α,β-unsaturated/α-hetero) is 2. The lowest BCUT2D eigenvalue weighted by Crippen LogP contribution is -2.57. The minimum atomic E-state index is -2.59. The second-order valence-corrected chi connectivity index (χ2v) is 8.33. The molecule has 0 unspecified atom stereocenters. The van der Waals surface area contributed by atoms with E-state index in [0.717, 1.165) is 0 Å². The maximum Gasteiger partial charge on any atom is 0.255 e. The number of rotatable bonds is 1. The fourth-order valence-corrected chi connectivity index (χ4v) is 5.16. The lowest BCUT2D eigenvalue weighted by atomic mass is 9.60. The molecule has 3 aliphatic rings. The number of carbonyl (C=O) groups excluding carboxylic acids is 3. The predicted molar refractivity (Wildman–Crippen MR) is 116 cm³/mol. The fraction of sp³-hybridized carbons (Fsp3) is 0.320. The molecule has 6 N–H and O–H groups in total. The summed E-state index contributed by atoms with van der Waals surface area (Å²) in [5, 5.41) is 43.3. The van der Waals surface area contributed by atoms with E-state index in [4.69, 9.17) is 5.73 Å². The van der Waals surface area contributed by atoms with Gasteiger partial charge in [-0.15, -0.1) is 11.8 Å². The predicted octanol–water partition coefficient (Wildman–Crippen LogP) is 1.32. The zero-order valence-electron chi connectivity index (χ0n) is 17.9. The van der Waals surface area contributed by atoms with Gasteiger partial charge in [0, 0.05) is 23.5 Å². The molecule has 8 nitrogen and oxygen atoms in total. The van der Waals surface area contributed by atoms with Crippen LogP contribution in [0.2, 0.25) is 0 Å². The van der Waals surface area contributed by atoms with Crippen LogP contribution in [0.15, 0.2) is 28.7 Å². The van der Waals surface area contributed by atoms with Crippen molar-refractivity contribution < 1.29 is 34.8 Å². The van der Waals surface area contributed by atoms with Gasteiger partial charge in [-0.3, -0.25) is 14.4 Å². The maximum atomic E-state index is 13.5. The van der Waals surface area contributed by atoms with Crippen LogP contribution in [0.4, 0.5) is 0 Å². The minimum Gasteiger partial charge on any atom is -0.511 e. The average Bonchev–Trinajstić information content (AvgIpc) is 2.74. The van der Waals surface area contributed by atoms with Crippen molar-refractivity contribution >= 4 is 17.5 Å². The first-order chi connectivity index (χ1) is 15.6. The summed E-state index contributed by atoms with van der Waals surface area (Å²) >= 11 is 0. The summed E-state index contributed by atoms with van der Waals surface area (Å²) in [6, 6.07) is 1.60. The number of aromatic hydroxyl groups is 1. The molecule has 168 valence electrons. The molecule has 0 aromatic heterocycles. The second kappa shape index (κ2) is 7.54. The van der Waals surface area contributed by atoms with Gasteiger partial charge in [0.05, 0.1) is 11.1 Å². The molecule has 0 fully saturated rings. The van der Waals surface area contributed by atoms with Gasteiger partial charge in [-0.1, -0.05) is 11.8 Å². The Bertz CT molecular complexity index is 1340. The number of amides is 1. The Morgan fingerprint density at radius 3 is 2.33 bits per heavy atom. The Labute approximate surface area is 189 Å². The Kier molecular flexibility index (Phi) is 5.07. The van der Waals surface area contributed by atoms with Crippen LogP contribution < -0.4 is 5.73 Å². The van der Waals surface area contributed by atoms with Crippen LogP contribution in [-0.2, 0) is 16.0 Å². The third-order valence-corrected chi connectivity index (χ3v) is 6.58. The van der Waals surface area contributed by atoms with Gasteiger partial charge >= 0.3 is 0 Å². The van der Waals surface area contributed by atoms with Crippen LogP contribution in [0.3, 0.4) is 0 Å². The van der Waals surface area contributed by atoms with Crippen molar-refractivity contribution in [1.29, 1.82) is 0 Å². The maximum absolute atomic E-state index is 13.5. The monoisotopic (exact) mass is 447 g/mol.